The van der Waals surface area contributed by atoms with Gasteiger partial charge in [0.1, 0.15) is 17.5 Å². The summed E-state index contributed by atoms with van der Waals surface area (Å²) >= 11 is 6.90. The molecule has 4 rings (SSSR count). The van der Waals surface area contributed by atoms with Crippen molar-refractivity contribution in [1.82, 2.24) is 14.7 Å². The lowest BCUT2D eigenvalue weighted by atomic mass is 9.93. The Bertz CT molecular complexity index is 1460. The van der Waals surface area contributed by atoms with Crippen LogP contribution in [0.3, 0.4) is 0 Å². The predicted octanol–water partition coefficient (Wildman–Crippen LogP) is 5.76. The molecule has 1 fully saturated rings. The van der Waals surface area contributed by atoms with Gasteiger partial charge in [-0.25, -0.2) is 8.78 Å². The zero-order valence-electron chi connectivity index (χ0n) is 23.9. The quantitative estimate of drug-likeness (QED) is 0.188. The first-order chi connectivity index (χ1) is 20.2. The fourth-order valence-corrected chi connectivity index (χ4v) is 7.03. The summed E-state index contributed by atoms with van der Waals surface area (Å²) in [4.78, 5) is 34.6. The highest BCUT2D eigenvalue weighted by molar-refractivity contribution is 7.99. The summed E-state index contributed by atoms with van der Waals surface area (Å²) in [6, 6.07) is 0.997. The average Bonchev–Trinajstić information content (AvgIpc) is 2.90. The number of carbonyl (C=O) groups excluding carboxylic acids is 2. The van der Waals surface area contributed by atoms with Gasteiger partial charge in [-0.2, -0.15) is 13.2 Å². The second kappa shape index (κ2) is 12.8. The van der Waals surface area contributed by atoms with Crippen molar-refractivity contribution in [3.63, 3.8) is 0 Å². The van der Waals surface area contributed by atoms with E-state index in [0.29, 0.717) is 19.0 Å². The van der Waals surface area contributed by atoms with Gasteiger partial charge in [0.05, 0.1) is 22.3 Å². The van der Waals surface area contributed by atoms with Crippen molar-refractivity contribution in [3.8, 4) is 11.1 Å². The molecule has 43 heavy (non-hydrogen) atoms. The molecule has 2 aliphatic rings. The maximum Gasteiger partial charge on any atom is 0.417 e. The van der Waals surface area contributed by atoms with Crippen molar-refractivity contribution in [2.45, 2.75) is 43.0 Å². The van der Waals surface area contributed by atoms with Crippen LogP contribution in [-0.2, 0) is 15.8 Å². The van der Waals surface area contributed by atoms with E-state index in [1.165, 1.54) is 6.08 Å². The zero-order chi connectivity index (χ0) is 31.8. The van der Waals surface area contributed by atoms with E-state index in [0.717, 1.165) is 23.9 Å². The summed E-state index contributed by atoms with van der Waals surface area (Å²) in [6.07, 6.45) is -3.43. The van der Waals surface area contributed by atoms with Gasteiger partial charge in [0, 0.05) is 65.1 Å². The standard InChI is InChI=1S/C29H31ClF5N5O2S/c1-6-24(42)40-15(2)10-39(11-16(40)3)28-19-7-20(29(33,34)35)25(18-8-21(30)23(32)9-22(18)31)27(26(19)36-14-41)43-13-17(37-28)12-38(4)5/h6-9,14-17H,1,10-13H2,2-5H3,(H,36,41). The fraction of sp³-hybridized carbons (Fsp3) is 0.414. The maximum absolute atomic E-state index is 15.2. The summed E-state index contributed by atoms with van der Waals surface area (Å²) in [5.74, 6) is -2.24. The molecule has 0 aromatic heterocycles. The lowest BCUT2D eigenvalue weighted by molar-refractivity contribution is -0.137. The predicted molar refractivity (Wildman–Crippen MR) is 159 cm³/mol. The third kappa shape index (κ3) is 6.68. The van der Waals surface area contributed by atoms with Crippen LogP contribution in [-0.4, -0.2) is 90.5 Å². The second-order valence-corrected chi connectivity index (χ2v) is 12.2. The Labute approximate surface area is 255 Å². The van der Waals surface area contributed by atoms with Gasteiger partial charge in [-0.05, 0) is 46.2 Å². The number of fused-ring (bicyclic) bond motifs is 2. The number of anilines is 1. The molecule has 2 aromatic carbocycles. The van der Waals surface area contributed by atoms with Gasteiger partial charge in [-0.15, -0.1) is 11.8 Å². The fourth-order valence-electron chi connectivity index (χ4n) is 5.65. The van der Waals surface area contributed by atoms with Gasteiger partial charge >= 0.3 is 6.18 Å². The van der Waals surface area contributed by atoms with Crippen molar-refractivity contribution in [2.75, 3.05) is 44.8 Å². The molecule has 232 valence electrons. The highest BCUT2D eigenvalue weighted by Gasteiger charge is 2.41. The van der Waals surface area contributed by atoms with Crippen molar-refractivity contribution >= 4 is 47.2 Å². The minimum atomic E-state index is -4.98. The molecule has 0 radical (unpaired) electrons. The number of likely N-dealkylation sites (N-methyl/N-ethyl adjacent to an activating group) is 1. The SMILES string of the molecule is C=CC(=O)N1C(C)CN(C2=NC(CN(C)C)CSc3c(NC=O)c2cc(C(F)(F)F)c3-c2cc(Cl)c(F)cc2F)CC1C. The number of nitrogens with zero attached hydrogens (tertiary/aromatic N) is 4. The summed E-state index contributed by atoms with van der Waals surface area (Å²) in [6.45, 7) is 8.13. The highest BCUT2D eigenvalue weighted by atomic mass is 35.5. The number of halogens is 6. The summed E-state index contributed by atoms with van der Waals surface area (Å²) < 4.78 is 73.7. The van der Waals surface area contributed by atoms with Crippen molar-refractivity contribution in [1.29, 1.82) is 0 Å². The van der Waals surface area contributed by atoms with Crippen LogP contribution in [0.2, 0.25) is 5.02 Å². The molecule has 7 nitrogen and oxygen atoms in total. The van der Waals surface area contributed by atoms with Crippen LogP contribution in [0.25, 0.3) is 11.1 Å². The van der Waals surface area contributed by atoms with Gasteiger partial charge < -0.3 is 20.0 Å². The summed E-state index contributed by atoms with van der Waals surface area (Å²) in [5, 5.41) is 1.99. The molecule has 1 N–H and O–H groups in total. The number of carbonyl (C=O) groups is 2. The zero-order valence-corrected chi connectivity index (χ0v) is 25.5. The van der Waals surface area contributed by atoms with Crippen LogP contribution in [0.15, 0.2) is 40.7 Å². The normalized spacial score (nSPS) is 20.8. The van der Waals surface area contributed by atoms with Crippen LogP contribution < -0.4 is 5.32 Å². The Kier molecular flexibility index (Phi) is 9.77. The average molecular weight is 644 g/mol. The van der Waals surface area contributed by atoms with Crippen LogP contribution in [0, 0.1) is 11.6 Å². The first-order valence-corrected chi connectivity index (χ1v) is 14.7. The second-order valence-electron chi connectivity index (χ2n) is 10.8. The Morgan fingerprint density at radius 2 is 1.81 bits per heavy atom. The summed E-state index contributed by atoms with van der Waals surface area (Å²) in [7, 11) is 3.67. The van der Waals surface area contributed by atoms with Crippen molar-refractivity contribution < 1.29 is 31.5 Å². The van der Waals surface area contributed by atoms with Crippen LogP contribution in [0.1, 0.15) is 25.0 Å². The first kappa shape index (κ1) is 32.7. The van der Waals surface area contributed by atoms with E-state index in [2.05, 4.69) is 11.9 Å². The molecule has 2 bridgehead atoms. The molecular formula is C29H31ClF5N5O2S. The number of aliphatic imine (C=N–C) groups is 1. The van der Waals surface area contributed by atoms with E-state index in [1.807, 2.05) is 37.7 Å². The van der Waals surface area contributed by atoms with Gasteiger partial charge in [0.15, 0.2) is 0 Å². The van der Waals surface area contributed by atoms with E-state index in [4.69, 9.17) is 16.6 Å². The number of nitrogens with one attached hydrogen (secondary N) is 1. The lowest BCUT2D eigenvalue weighted by Gasteiger charge is -2.46. The molecule has 0 saturated carbocycles. The molecule has 3 atom stereocenters. The van der Waals surface area contributed by atoms with Crippen LogP contribution in [0.5, 0.6) is 0 Å². The lowest BCUT2D eigenvalue weighted by Crippen LogP contribution is -2.59. The molecular weight excluding hydrogens is 613 g/mol. The molecule has 0 spiro atoms. The third-order valence-electron chi connectivity index (χ3n) is 7.26. The van der Waals surface area contributed by atoms with Crippen molar-refractivity contribution in [3.05, 3.63) is 58.6 Å². The van der Waals surface area contributed by atoms with Gasteiger partial charge in [0.2, 0.25) is 12.3 Å². The molecule has 2 heterocycles. The minimum absolute atomic E-state index is 0.00866. The molecule has 3 unspecified atom stereocenters. The van der Waals surface area contributed by atoms with Gasteiger partial charge in [-0.1, -0.05) is 18.2 Å². The van der Waals surface area contributed by atoms with Crippen LogP contribution in [0.4, 0.5) is 27.6 Å². The number of rotatable bonds is 6. The van der Waals surface area contributed by atoms with E-state index in [-0.39, 0.29) is 58.8 Å². The van der Waals surface area contributed by atoms with Crippen molar-refractivity contribution in [2.24, 2.45) is 4.99 Å². The Balaban J connectivity index is 2.03. The number of amides is 2. The Morgan fingerprint density at radius 3 is 2.37 bits per heavy atom. The third-order valence-corrected chi connectivity index (χ3v) is 8.80. The number of thioether (sulfide) groups is 1. The highest BCUT2D eigenvalue weighted by Crippen LogP contribution is 2.49. The maximum atomic E-state index is 15.2. The van der Waals surface area contributed by atoms with E-state index in [9.17, 15) is 27.2 Å². The van der Waals surface area contributed by atoms with Gasteiger partial charge in [0.25, 0.3) is 0 Å². The molecule has 1 saturated heterocycles. The number of hydrogen-bond donors (Lipinski definition) is 1. The van der Waals surface area contributed by atoms with Crippen LogP contribution >= 0.6 is 23.4 Å². The smallest absolute Gasteiger partial charge is 0.352 e. The molecule has 2 amide bonds. The molecule has 0 aliphatic carbocycles. The molecule has 2 aromatic rings. The number of hydrogen-bond acceptors (Lipinski definition) is 6. The first-order valence-electron chi connectivity index (χ1n) is 13.4. The Hall–Kier alpha value is -3.16. The summed E-state index contributed by atoms with van der Waals surface area (Å²) in [5.41, 5.74) is -2.30. The number of benzene rings is 2. The monoisotopic (exact) mass is 643 g/mol. The Morgan fingerprint density at radius 1 is 1.16 bits per heavy atom. The topological polar surface area (TPSA) is 68.2 Å². The molecule has 14 heteroatoms. The van der Waals surface area contributed by atoms with E-state index >= 15 is 4.39 Å². The van der Waals surface area contributed by atoms with Gasteiger partial charge in [-0.3, -0.25) is 14.6 Å². The number of amidine groups is 1. The number of alkyl halides is 3. The number of piperazine rings is 1. The minimum Gasteiger partial charge on any atom is -0.352 e. The van der Waals surface area contributed by atoms with E-state index in [1.54, 1.807) is 4.90 Å². The van der Waals surface area contributed by atoms with E-state index < -0.39 is 45.6 Å². The molecule has 2 aliphatic heterocycles. The largest absolute Gasteiger partial charge is 0.417 e.